The van der Waals surface area contributed by atoms with E-state index in [0.29, 0.717) is 13.1 Å². The van der Waals surface area contributed by atoms with E-state index >= 15 is 0 Å². The second-order valence-corrected chi connectivity index (χ2v) is 4.14. The Hall–Kier alpha value is -1.35. The number of carbonyl (C=O) groups excluding carboxylic acids is 1. The predicted octanol–water partition coefficient (Wildman–Crippen LogP) is 2.62. The average molecular weight is 206 g/mol. The molecule has 0 aliphatic carbocycles. The number of hydrogen-bond donors (Lipinski definition) is 0. The highest BCUT2D eigenvalue weighted by atomic mass is 32.1. The molecule has 0 spiro atoms. The summed E-state index contributed by atoms with van der Waals surface area (Å²) < 4.78 is 5.95. The minimum absolute atomic E-state index is 0.469. The Kier molecular flexibility index (Phi) is 2.79. The van der Waals surface area contributed by atoms with Gasteiger partial charge in [-0.3, -0.25) is 4.79 Å². The molecule has 72 valence electrons. The van der Waals surface area contributed by atoms with Crippen LogP contribution in [0, 0.1) is 0 Å². The van der Waals surface area contributed by atoms with Crippen LogP contribution in [-0.4, -0.2) is 13.1 Å². The predicted molar refractivity (Wildman–Crippen MR) is 57.5 cm³/mol. The first-order chi connectivity index (χ1) is 6.90. The molecule has 0 saturated heterocycles. The summed E-state index contributed by atoms with van der Waals surface area (Å²) >= 11 is 1.75. The van der Waals surface area contributed by atoms with Gasteiger partial charge in [0, 0.05) is 16.0 Å². The first-order valence-electron chi connectivity index (χ1n) is 4.43. The van der Waals surface area contributed by atoms with Gasteiger partial charge in [-0.1, -0.05) is 18.2 Å². The van der Waals surface area contributed by atoms with Crippen molar-refractivity contribution in [3.8, 4) is 0 Å². The van der Waals surface area contributed by atoms with Crippen LogP contribution >= 0.6 is 11.3 Å². The number of fused-ring (bicyclic) bond motifs is 1. The molecule has 1 aromatic heterocycles. The van der Waals surface area contributed by atoms with E-state index in [-0.39, 0.29) is 0 Å². The van der Waals surface area contributed by atoms with Gasteiger partial charge in [-0.05, 0) is 17.5 Å². The standard InChI is InChI=1S/C11H10O2S/c12-8-13-6-5-10-7-9-3-1-2-4-11(9)14-10/h1-4,7-8H,5-6H2. The van der Waals surface area contributed by atoms with Crippen molar-refractivity contribution >= 4 is 27.9 Å². The number of hydrogen-bond acceptors (Lipinski definition) is 3. The van der Waals surface area contributed by atoms with Gasteiger partial charge in [-0.15, -0.1) is 11.3 Å². The SMILES string of the molecule is O=COCCc1cc2ccccc2s1. The summed E-state index contributed by atoms with van der Waals surface area (Å²) in [6.45, 7) is 0.962. The minimum atomic E-state index is 0.469. The normalized spacial score (nSPS) is 10.3. The molecule has 0 amide bonds. The first-order valence-corrected chi connectivity index (χ1v) is 5.24. The highest BCUT2D eigenvalue weighted by Crippen LogP contribution is 2.25. The molecule has 0 radical (unpaired) electrons. The van der Waals surface area contributed by atoms with Crippen LogP contribution in [0.15, 0.2) is 30.3 Å². The molecule has 0 unspecified atom stereocenters. The summed E-state index contributed by atoms with van der Waals surface area (Å²) in [4.78, 5) is 11.2. The average Bonchev–Trinajstić information content (AvgIpc) is 2.60. The summed E-state index contributed by atoms with van der Waals surface area (Å²) in [5.74, 6) is 0. The molecule has 0 aliphatic rings. The molecule has 0 saturated carbocycles. The van der Waals surface area contributed by atoms with Gasteiger partial charge in [0.05, 0.1) is 6.61 Å². The molecule has 0 aliphatic heterocycles. The van der Waals surface area contributed by atoms with E-state index in [1.54, 1.807) is 11.3 Å². The molecule has 14 heavy (non-hydrogen) atoms. The second kappa shape index (κ2) is 4.24. The Bertz CT molecular complexity index is 401. The lowest BCUT2D eigenvalue weighted by Crippen LogP contribution is -1.93. The number of rotatable bonds is 4. The van der Waals surface area contributed by atoms with Crippen LogP contribution in [0.2, 0.25) is 0 Å². The quantitative estimate of drug-likeness (QED) is 0.567. The van der Waals surface area contributed by atoms with Crippen LogP contribution in [0.5, 0.6) is 0 Å². The van der Waals surface area contributed by atoms with Gasteiger partial charge in [-0.2, -0.15) is 0 Å². The Labute approximate surface area is 86.1 Å². The van der Waals surface area contributed by atoms with E-state index in [1.807, 2.05) is 12.1 Å². The third-order valence-corrected chi connectivity index (χ3v) is 3.19. The Morgan fingerprint density at radius 2 is 2.21 bits per heavy atom. The highest BCUT2D eigenvalue weighted by molar-refractivity contribution is 7.19. The third kappa shape index (κ3) is 1.93. The lowest BCUT2D eigenvalue weighted by molar-refractivity contribution is -0.128. The molecule has 0 atom stereocenters. The molecule has 3 heteroatoms. The van der Waals surface area contributed by atoms with Crippen LogP contribution in [0.1, 0.15) is 4.88 Å². The van der Waals surface area contributed by atoms with E-state index in [1.165, 1.54) is 15.0 Å². The van der Waals surface area contributed by atoms with Gasteiger partial charge in [0.1, 0.15) is 0 Å². The molecular formula is C11H10O2S. The summed E-state index contributed by atoms with van der Waals surface area (Å²) in [6.07, 6.45) is 0.804. The number of carbonyl (C=O) groups is 1. The van der Waals surface area contributed by atoms with Gasteiger partial charge in [0.25, 0.3) is 6.47 Å². The van der Waals surface area contributed by atoms with E-state index in [2.05, 4.69) is 22.9 Å². The minimum Gasteiger partial charge on any atom is -0.468 e. The molecule has 2 nitrogen and oxygen atoms in total. The lowest BCUT2D eigenvalue weighted by Gasteiger charge is -1.93. The van der Waals surface area contributed by atoms with Crippen molar-refractivity contribution < 1.29 is 9.53 Å². The van der Waals surface area contributed by atoms with Crippen molar-refractivity contribution in [3.63, 3.8) is 0 Å². The maximum atomic E-state index is 9.95. The Balaban J connectivity index is 2.14. The topological polar surface area (TPSA) is 26.3 Å². The number of thiophene rings is 1. The molecule has 0 N–H and O–H groups in total. The molecule has 1 aromatic carbocycles. The van der Waals surface area contributed by atoms with Crippen molar-refractivity contribution in [1.82, 2.24) is 0 Å². The smallest absolute Gasteiger partial charge is 0.293 e. The molecule has 0 fully saturated rings. The molecule has 1 heterocycles. The largest absolute Gasteiger partial charge is 0.468 e. The summed E-state index contributed by atoms with van der Waals surface area (Å²) in [5, 5.41) is 1.26. The van der Waals surface area contributed by atoms with E-state index in [4.69, 9.17) is 0 Å². The molecule has 2 rings (SSSR count). The van der Waals surface area contributed by atoms with Crippen LogP contribution in [0.25, 0.3) is 10.1 Å². The van der Waals surface area contributed by atoms with Crippen molar-refractivity contribution in [3.05, 3.63) is 35.2 Å². The van der Waals surface area contributed by atoms with Gasteiger partial charge >= 0.3 is 0 Å². The van der Waals surface area contributed by atoms with Crippen LogP contribution < -0.4 is 0 Å². The first kappa shape index (κ1) is 9.21. The summed E-state index contributed by atoms with van der Waals surface area (Å²) in [6, 6.07) is 10.4. The summed E-state index contributed by atoms with van der Waals surface area (Å²) in [5.41, 5.74) is 0. The molecule has 0 bridgehead atoms. The van der Waals surface area contributed by atoms with E-state index < -0.39 is 0 Å². The monoisotopic (exact) mass is 206 g/mol. The van der Waals surface area contributed by atoms with Crippen LogP contribution in [0.4, 0.5) is 0 Å². The van der Waals surface area contributed by atoms with Crippen molar-refractivity contribution in [2.75, 3.05) is 6.61 Å². The van der Waals surface area contributed by atoms with Gasteiger partial charge < -0.3 is 4.74 Å². The lowest BCUT2D eigenvalue weighted by atomic mass is 10.2. The maximum Gasteiger partial charge on any atom is 0.293 e. The van der Waals surface area contributed by atoms with Gasteiger partial charge in [-0.25, -0.2) is 0 Å². The highest BCUT2D eigenvalue weighted by Gasteiger charge is 2.00. The zero-order chi connectivity index (χ0) is 9.80. The van der Waals surface area contributed by atoms with Gasteiger partial charge in [0.2, 0.25) is 0 Å². The number of ether oxygens (including phenoxy) is 1. The fourth-order valence-electron chi connectivity index (χ4n) is 1.37. The molecule has 2 aromatic rings. The fraction of sp³-hybridized carbons (Fsp3) is 0.182. The van der Waals surface area contributed by atoms with E-state index in [0.717, 1.165) is 6.42 Å². The van der Waals surface area contributed by atoms with Crippen molar-refractivity contribution in [2.45, 2.75) is 6.42 Å². The van der Waals surface area contributed by atoms with Crippen molar-refractivity contribution in [1.29, 1.82) is 0 Å². The Morgan fingerprint density at radius 3 is 3.00 bits per heavy atom. The van der Waals surface area contributed by atoms with Crippen LogP contribution in [-0.2, 0) is 16.0 Å². The van der Waals surface area contributed by atoms with Crippen LogP contribution in [0.3, 0.4) is 0 Å². The number of benzene rings is 1. The zero-order valence-corrected chi connectivity index (χ0v) is 8.42. The maximum absolute atomic E-state index is 9.95. The third-order valence-electron chi connectivity index (χ3n) is 2.01. The second-order valence-electron chi connectivity index (χ2n) is 2.97. The van der Waals surface area contributed by atoms with E-state index in [9.17, 15) is 4.79 Å². The summed E-state index contributed by atoms with van der Waals surface area (Å²) in [7, 11) is 0. The molecular weight excluding hydrogens is 196 g/mol. The van der Waals surface area contributed by atoms with Crippen molar-refractivity contribution in [2.24, 2.45) is 0 Å². The zero-order valence-electron chi connectivity index (χ0n) is 7.60. The van der Waals surface area contributed by atoms with Gasteiger partial charge in [0.15, 0.2) is 0 Å². The fourth-order valence-corrected chi connectivity index (χ4v) is 2.41. The Morgan fingerprint density at radius 1 is 1.36 bits per heavy atom.